The van der Waals surface area contributed by atoms with E-state index in [4.69, 9.17) is 4.74 Å². The minimum absolute atomic E-state index is 0.306. The van der Waals surface area contributed by atoms with Crippen LogP contribution in [0.15, 0.2) is 18.2 Å². The Morgan fingerprint density at radius 3 is 2.95 bits per heavy atom. The Morgan fingerprint density at radius 2 is 2.30 bits per heavy atom. The van der Waals surface area contributed by atoms with E-state index in [9.17, 15) is 4.39 Å². The average Bonchev–Trinajstić information content (AvgIpc) is 2.43. The largest absolute Gasteiger partial charge is 0.491 e. The molecule has 112 valence electrons. The summed E-state index contributed by atoms with van der Waals surface area (Å²) in [7, 11) is 0. The van der Waals surface area contributed by atoms with Gasteiger partial charge in [-0.1, -0.05) is 6.42 Å². The fraction of sp³-hybridized carbons (Fsp3) is 0.625. The van der Waals surface area contributed by atoms with Crippen LogP contribution in [0, 0.1) is 5.82 Å². The summed E-state index contributed by atoms with van der Waals surface area (Å²) in [5.41, 5.74) is 0.814. The van der Waals surface area contributed by atoms with Gasteiger partial charge in [0.2, 0.25) is 0 Å². The fourth-order valence-electron chi connectivity index (χ4n) is 2.76. The van der Waals surface area contributed by atoms with Crippen molar-refractivity contribution in [3.8, 4) is 5.75 Å². The molecule has 0 aliphatic carbocycles. The lowest BCUT2D eigenvalue weighted by Crippen LogP contribution is -2.37. The van der Waals surface area contributed by atoms with Crippen LogP contribution in [0.1, 0.15) is 39.5 Å². The highest BCUT2D eigenvalue weighted by atomic mass is 19.1. The number of halogens is 1. The molecular weight excluding hydrogens is 255 g/mol. The van der Waals surface area contributed by atoms with Crippen LogP contribution in [-0.2, 0) is 0 Å². The molecule has 4 heteroatoms. The SMILES string of the molecule is CCOc1ccc(NC(C)CC2CCCCN2)cc1F. The summed E-state index contributed by atoms with van der Waals surface area (Å²) >= 11 is 0. The predicted octanol–water partition coefficient (Wildman–Crippen LogP) is 3.56. The van der Waals surface area contributed by atoms with E-state index in [1.165, 1.54) is 25.3 Å². The highest BCUT2D eigenvalue weighted by Gasteiger charge is 2.16. The van der Waals surface area contributed by atoms with Crippen LogP contribution in [0.4, 0.5) is 10.1 Å². The summed E-state index contributed by atoms with van der Waals surface area (Å²) in [5.74, 6) is 0.0134. The highest BCUT2D eigenvalue weighted by Crippen LogP contribution is 2.22. The number of ether oxygens (including phenoxy) is 1. The van der Waals surface area contributed by atoms with Gasteiger partial charge in [0.25, 0.3) is 0 Å². The van der Waals surface area contributed by atoms with Gasteiger partial charge < -0.3 is 15.4 Å². The molecule has 1 aromatic rings. The van der Waals surface area contributed by atoms with Gasteiger partial charge in [0.15, 0.2) is 11.6 Å². The molecular formula is C16H25FN2O. The minimum Gasteiger partial charge on any atom is -0.491 e. The monoisotopic (exact) mass is 280 g/mol. The van der Waals surface area contributed by atoms with E-state index in [2.05, 4.69) is 17.6 Å². The van der Waals surface area contributed by atoms with E-state index in [0.717, 1.165) is 18.7 Å². The molecule has 20 heavy (non-hydrogen) atoms. The van der Waals surface area contributed by atoms with Crippen molar-refractivity contribution in [2.45, 2.75) is 51.6 Å². The van der Waals surface area contributed by atoms with E-state index in [1.54, 1.807) is 6.07 Å². The normalized spacial score (nSPS) is 20.4. The third-order valence-corrected chi connectivity index (χ3v) is 3.70. The quantitative estimate of drug-likeness (QED) is 0.836. The van der Waals surface area contributed by atoms with E-state index < -0.39 is 0 Å². The molecule has 0 radical (unpaired) electrons. The molecule has 3 nitrogen and oxygen atoms in total. The zero-order chi connectivity index (χ0) is 14.4. The molecule has 2 atom stereocenters. The van der Waals surface area contributed by atoms with Crippen LogP contribution < -0.4 is 15.4 Å². The average molecular weight is 280 g/mol. The number of benzene rings is 1. The van der Waals surface area contributed by atoms with Crippen molar-refractivity contribution in [2.24, 2.45) is 0 Å². The molecule has 1 aliphatic rings. The first-order valence-electron chi connectivity index (χ1n) is 7.61. The van der Waals surface area contributed by atoms with E-state index in [-0.39, 0.29) is 5.82 Å². The van der Waals surface area contributed by atoms with Crippen molar-refractivity contribution in [1.29, 1.82) is 0 Å². The molecule has 1 heterocycles. The number of anilines is 1. The standard InChI is InChI=1S/C16H25FN2O/c1-3-20-16-8-7-14(11-15(16)17)19-12(2)10-13-6-4-5-9-18-13/h7-8,11-13,18-19H,3-6,9-10H2,1-2H3. The molecule has 0 aromatic heterocycles. The number of piperidine rings is 1. The van der Waals surface area contributed by atoms with Crippen molar-refractivity contribution >= 4 is 5.69 Å². The van der Waals surface area contributed by atoms with E-state index in [0.29, 0.717) is 24.4 Å². The van der Waals surface area contributed by atoms with Gasteiger partial charge in [-0.3, -0.25) is 0 Å². The summed E-state index contributed by atoms with van der Waals surface area (Å²) in [6.07, 6.45) is 4.89. The second kappa shape index (κ2) is 7.48. The maximum absolute atomic E-state index is 13.8. The van der Waals surface area contributed by atoms with Crippen LogP contribution in [0.3, 0.4) is 0 Å². The maximum Gasteiger partial charge on any atom is 0.167 e. The lowest BCUT2D eigenvalue weighted by molar-refractivity contribution is 0.321. The topological polar surface area (TPSA) is 33.3 Å². The summed E-state index contributed by atoms with van der Waals surface area (Å²) in [5, 5.41) is 6.90. The lowest BCUT2D eigenvalue weighted by Gasteiger charge is -2.27. The molecule has 1 aromatic carbocycles. The molecule has 2 unspecified atom stereocenters. The Morgan fingerprint density at radius 1 is 1.45 bits per heavy atom. The van der Waals surface area contributed by atoms with Gasteiger partial charge in [-0.05, 0) is 51.8 Å². The molecule has 1 saturated heterocycles. The van der Waals surface area contributed by atoms with Crippen LogP contribution in [0.25, 0.3) is 0 Å². The number of nitrogens with one attached hydrogen (secondary N) is 2. The predicted molar refractivity (Wildman–Crippen MR) is 80.9 cm³/mol. The summed E-state index contributed by atoms with van der Waals surface area (Å²) in [6, 6.07) is 5.98. The van der Waals surface area contributed by atoms with Crippen LogP contribution in [-0.4, -0.2) is 25.2 Å². The van der Waals surface area contributed by atoms with Gasteiger partial charge in [0.1, 0.15) is 0 Å². The van der Waals surface area contributed by atoms with Gasteiger partial charge in [-0.15, -0.1) is 0 Å². The molecule has 0 bridgehead atoms. The third kappa shape index (κ3) is 4.37. The van der Waals surface area contributed by atoms with Crippen LogP contribution in [0.5, 0.6) is 5.75 Å². The van der Waals surface area contributed by atoms with E-state index in [1.807, 2.05) is 13.0 Å². The maximum atomic E-state index is 13.8. The summed E-state index contributed by atoms with van der Waals surface area (Å²) < 4.78 is 19.0. The second-order valence-electron chi connectivity index (χ2n) is 5.51. The Labute approximate surface area is 120 Å². The summed E-state index contributed by atoms with van der Waals surface area (Å²) in [6.45, 7) is 5.60. The first-order valence-corrected chi connectivity index (χ1v) is 7.61. The number of rotatable bonds is 6. The molecule has 2 N–H and O–H groups in total. The van der Waals surface area contributed by atoms with Crippen molar-refractivity contribution in [3.05, 3.63) is 24.0 Å². The molecule has 2 rings (SSSR count). The van der Waals surface area contributed by atoms with Crippen molar-refractivity contribution in [2.75, 3.05) is 18.5 Å². The first-order chi connectivity index (χ1) is 9.69. The van der Waals surface area contributed by atoms with Gasteiger partial charge >= 0.3 is 0 Å². The smallest absolute Gasteiger partial charge is 0.167 e. The molecule has 1 aliphatic heterocycles. The van der Waals surface area contributed by atoms with Crippen molar-refractivity contribution in [1.82, 2.24) is 5.32 Å². The Bertz CT molecular complexity index is 419. The minimum atomic E-state index is -0.306. The fourth-order valence-corrected chi connectivity index (χ4v) is 2.76. The Hall–Kier alpha value is -1.29. The molecule has 1 fully saturated rings. The van der Waals surface area contributed by atoms with Crippen molar-refractivity contribution < 1.29 is 9.13 Å². The van der Waals surface area contributed by atoms with Gasteiger partial charge in [0.05, 0.1) is 6.61 Å². The molecule has 0 saturated carbocycles. The van der Waals surface area contributed by atoms with E-state index >= 15 is 0 Å². The highest BCUT2D eigenvalue weighted by molar-refractivity contribution is 5.47. The molecule has 0 amide bonds. The third-order valence-electron chi connectivity index (χ3n) is 3.70. The number of hydrogen-bond donors (Lipinski definition) is 2. The van der Waals surface area contributed by atoms with Gasteiger partial charge in [-0.25, -0.2) is 4.39 Å². The zero-order valence-corrected chi connectivity index (χ0v) is 12.4. The zero-order valence-electron chi connectivity index (χ0n) is 12.4. The second-order valence-corrected chi connectivity index (χ2v) is 5.51. The van der Waals surface area contributed by atoms with Crippen LogP contribution in [0.2, 0.25) is 0 Å². The number of hydrogen-bond acceptors (Lipinski definition) is 3. The molecule has 0 spiro atoms. The van der Waals surface area contributed by atoms with Gasteiger partial charge in [-0.2, -0.15) is 0 Å². The lowest BCUT2D eigenvalue weighted by atomic mass is 9.98. The summed E-state index contributed by atoms with van der Waals surface area (Å²) in [4.78, 5) is 0. The Balaban J connectivity index is 1.86. The first kappa shape index (κ1) is 15.1. The Kier molecular flexibility index (Phi) is 5.65. The van der Waals surface area contributed by atoms with Gasteiger partial charge in [0, 0.05) is 23.8 Å². The van der Waals surface area contributed by atoms with Crippen molar-refractivity contribution in [3.63, 3.8) is 0 Å². The van der Waals surface area contributed by atoms with Crippen LogP contribution >= 0.6 is 0 Å².